The fourth-order valence-electron chi connectivity index (χ4n) is 0.821. The number of aromatic amines is 1. The van der Waals surface area contributed by atoms with Crippen LogP contribution < -0.4 is 5.73 Å². The molecule has 0 atom stereocenters. The molecular weight excluding hydrogens is 166 g/mol. The highest BCUT2D eigenvalue weighted by atomic mass is 35.5. The van der Waals surface area contributed by atoms with E-state index in [9.17, 15) is 0 Å². The first-order valence-electron chi connectivity index (χ1n) is 2.89. The SMILES string of the molecule is Nc1nc(Cl)c2[nH]ncc2n1. The van der Waals surface area contributed by atoms with Gasteiger partial charge in [-0.05, 0) is 0 Å². The van der Waals surface area contributed by atoms with Crippen LogP contribution in [0.2, 0.25) is 5.15 Å². The molecule has 2 aromatic rings. The predicted molar refractivity (Wildman–Crippen MR) is 41.1 cm³/mol. The third kappa shape index (κ3) is 0.894. The second kappa shape index (κ2) is 2.06. The summed E-state index contributed by atoms with van der Waals surface area (Å²) in [6.45, 7) is 0. The molecule has 0 amide bonds. The Balaban J connectivity index is 2.91. The molecule has 0 bridgehead atoms. The van der Waals surface area contributed by atoms with E-state index in [1.807, 2.05) is 0 Å². The lowest BCUT2D eigenvalue weighted by Crippen LogP contribution is -1.94. The van der Waals surface area contributed by atoms with E-state index in [-0.39, 0.29) is 5.95 Å². The zero-order valence-electron chi connectivity index (χ0n) is 5.37. The van der Waals surface area contributed by atoms with Gasteiger partial charge in [0.1, 0.15) is 11.0 Å². The van der Waals surface area contributed by atoms with Gasteiger partial charge in [0, 0.05) is 0 Å². The number of fused-ring (bicyclic) bond motifs is 1. The van der Waals surface area contributed by atoms with Crippen LogP contribution >= 0.6 is 11.6 Å². The number of hydrogen-bond donors (Lipinski definition) is 2. The van der Waals surface area contributed by atoms with Crippen LogP contribution in [0.25, 0.3) is 11.0 Å². The van der Waals surface area contributed by atoms with Crippen LogP contribution in [-0.2, 0) is 0 Å². The Morgan fingerprint density at radius 3 is 3.09 bits per heavy atom. The highest BCUT2D eigenvalue weighted by Gasteiger charge is 2.03. The van der Waals surface area contributed by atoms with Crippen molar-refractivity contribution >= 4 is 28.6 Å². The first-order chi connectivity index (χ1) is 5.27. The molecule has 0 radical (unpaired) electrons. The Morgan fingerprint density at radius 2 is 2.27 bits per heavy atom. The number of nitrogens with one attached hydrogen (secondary N) is 1. The van der Waals surface area contributed by atoms with E-state index in [2.05, 4.69) is 20.2 Å². The molecule has 3 N–H and O–H groups in total. The average molecular weight is 170 g/mol. The first kappa shape index (κ1) is 6.36. The number of hydrogen-bond acceptors (Lipinski definition) is 4. The topological polar surface area (TPSA) is 80.5 Å². The Hall–Kier alpha value is -1.36. The minimum atomic E-state index is 0.156. The second-order valence-corrected chi connectivity index (χ2v) is 2.36. The van der Waals surface area contributed by atoms with Gasteiger partial charge in [0.05, 0.1) is 6.20 Å². The van der Waals surface area contributed by atoms with E-state index in [0.29, 0.717) is 16.2 Å². The number of rotatable bonds is 0. The molecule has 0 aliphatic heterocycles. The van der Waals surface area contributed by atoms with Gasteiger partial charge in [-0.25, -0.2) is 4.98 Å². The molecule has 2 rings (SSSR count). The van der Waals surface area contributed by atoms with Gasteiger partial charge in [-0.1, -0.05) is 11.6 Å². The minimum Gasteiger partial charge on any atom is -0.368 e. The summed E-state index contributed by atoms with van der Waals surface area (Å²) in [7, 11) is 0. The van der Waals surface area contributed by atoms with E-state index in [4.69, 9.17) is 17.3 Å². The van der Waals surface area contributed by atoms with Crippen LogP contribution in [0.1, 0.15) is 0 Å². The van der Waals surface area contributed by atoms with Crippen molar-refractivity contribution in [3.05, 3.63) is 11.3 Å². The minimum absolute atomic E-state index is 0.156. The van der Waals surface area contributed by atoms with Crippen LogP contribution in [0.3, 0.4) is 0 Å². The van der Waals surface area contributed by atoms with E-state index >= 15 is 0 Å². The molecule has 0 spiro atoms. The van der Waals surface area contributed by atoms with E-state index in [0.717, 1.165) is 0 Å². The zero-order valence-corrected chi connectivity index (χ0v) is 6.13. The summed E-state index contributed by atoms with van der Waals surface area (Å²) in [4.78, 5) is 7.62. The summed E-state index contributed by atoms with van der Waals surface area (Å²) < 4.78 is 0. The number of aromatic nitrogens is 4. The maximum atomic E-state index is 5.70. The molecule has 0 unspecified atom stereocenters. The quantitative estimate of drug-likeness (QED) is 0.566. The summed E-state index contributed by atoms with van der Waals surface area (Å²) in [5.74, 6) is 0.156. The predicted octanol–water partition coefficient (Wildman–Crippen LogP) is 0.588. The molecular formula is C5H4ClN5. The van der Waals surface area contributed by atoms with Crippen LogP contribution in [0, 0.1) is 0 Å². The van der Waals surface area contributed by atoms with Gasteiger partial charge in [0.25, 0.3) is 0 Å². The number of anilines is 1. The zero-order chi connectivity index (χ0) is 7.84. The van der Waals surface area contributed by atoms with E-state index in [1.165, 1.54) is 0 Å². The standard InChI is InChI=1S/C5H4ClN5/c6-4-3-2(1-8-11-3)9-5(7)10-4/h1H,(H,8,11)(H2,7,9,10). The lowest BCUT2D eigenvalue weighted by molar-refractivity contribution is 1.11. The molecule has 56 valence electrons. The molecule has 2 aromatic heterocycles. The Kier molecular flexibility index (Phi) is 1.19. The van der Waals surface area contributed by atoms with Crippen LogP contribution in [0.4, 0.5) is 5.95 Å². The van der Waals surface area contributed by atoms with Gasteiger partial charge in [-0.2, -0.15) is 10.1 Å². The van der Waals surface area contributed by atoms with Crippen molar-refractivity contribution in [3.63, 3.8) is 0 Å². The summed E-state index contributed by atoms with van der Waals surface area (Å²) in [5, 5.41) is 6.68. The lowest BCUT2D eigenvalue weighted by atomic mass is 10.5. The summed E-state index contributed by atoms with van der Waals surface area (Å²) in [6, 6.07) is 0. The Bertz CT molecular complexity index is 395. The maximum absolute atomic E-state index is 5.70. The molecule has 0 saturated carbocycles. The van der Waals surface area contributed by atoms with Gasteiger partial charge < -0.3 is 5.73 Å². The molecule has 6 heteroatoms. The molecule has 11 heavy (non-hydrogen) atoms. The van der Waals surface area contributed by atoms with Gasteiger partial charge in [-0.3, -0.25) is 5.10 Å². The van der Waals surface area contributed by atoms with Crippen LogP contribution in [-0.4, -0.2) is 20.2 Å². The smallest absolute Gasteiger partial charge is 0.222 e. The van der Waals surface area contributed by atoms with E-state index in [1.54, 1.807) is 6.20 Å². The largest absolute Gasteiger partial charge is 0.368 e. The second-order valence-electron chi connectivity index (χ2n) is 2.00. The number of nitrogen functional groups attached to an aromatic ring is 1. The fourth-order valence-corrected chi connectivity index (χ4v) is 1.05. The van der Waals surface area contributed by atoms with Crippen LogP contribution in [0.5, 0.6) is 0 Å². The van der Waals surface area contributed by atoms with Crippen molar-refractivity contribution < 1.29 is 0 Å². The third-order valence-corrected chi connectivity index (χ3v) is 1.55. The molecule has 0 aromatic carbocycles. The molecule has 0 aliphatic rings. The first-order valence-corrected chi connectivity index (χ1v) is 3.27. The van der Waals surface area contributed by atoms with Gasteiger partial charge in [0.2, 0.25) is 5.95 Å². The van der Waals surface area contributed by atoms with Crippen molar-refractivity contribution in [1.29, 1.82) is 0 Å². The molecule has 0 fully saturated rings. The van der Waals surface area contributed by atoms with Gasteiger partial charge in [-0.15, -0.1) is 0 Å². The molecule has 5 nitrogen and oxygen atoms in total. The fraction of sp³-hybridized carbons (Fsp3) is 0. The summed E-state index contributed by atoms with van der Waals surface area (Å²) >= 11 is 5.70. The maximum Gasteiger partial charge on any atom is 0.222 e. The highest BCUT2D eigenvalue weighted by molar-refractivity contribution is 6.33. The molecule has 2 heterocycles. The number of H-pyrrole nitrogens is 1. The Morgan fingerprint density at radius 1 is 1.45 bits per heavy atom. The summed E-state index contributed by atoms with van der Waals surface area (Å²) in [6.07, 6.45) is 1.54. The lowest BCUT2D eigenvalue weighted by Gasteiger charge is -1.92. The number of nitrogens with two attached hydrogens (primary N) is 1. The van der Waals surface area contributed by atoms with Crippen molar-refractivity contribution in [2.75, 3.05) is 5.73 Å². The van der Waals surface area contributed by atoms with Crippen molar-refractivity contribution in [2.45, 2.75) is 0 Å². The van der Waals surface area contributed by atoms with Gasteiger partial charge in [0.15, 0.2) is 5.15 Å². The van der Waals surface area contributed by atoms with Crippen molar-refractivity contribution in [1.82, 2.24) is 20.2 Å². The number of nitrogens with zero attached hydrogens (tertiary/aromatic N) is 3. The molecule has 0 aliphatic carbocycles. The highest BCUT2D eigenvalue weighted by Crippen LogP contribution is 2.17. The van der Waals surface area contributed by atoms with Crippen LogP contribution in [0.15, 0.2) is 6.20 Å². The van der Waals surface area contributed by atoms with Crippen molar-refractivity contribution in [3.8, 4) is 0 Å². The number of halogens is 1. The Labute approximate surface area is 66.6 Å². The summed E-state index contributed by atoms with van der Waals surface area (Å²) in [5.41, 5.74) is 6.57. The van der Waals surface area contributed by atoms with E-state index < -0.39 is 0 Å². The molecule has 0 saturated heterocycles. The average Bonchev–Trinajstić information content (AvgIpc) is 2.34. The third-order valence-electron chi connectivity index (χ3n) is 1.27. The van der Waals surface area contributed by atoms with Crippen molar-refractivity contribution in [2.24, 2.45) is 0 Å². The normalized spacial score (nSPS) is 10.6. The monoisotopic (exact) mass is 169 g/mol. The van der Waals surface area contributed by atoms with Gasteiger partial charge >= 0.3 is 0 Å².